The van der Waals surface area contributed by atoms with Gasteiger partial charge in [0.1, 0.15) is 6.07 Å². The normalized spacial score (nSPS) is 11.1. The molecule has 1 heterocycles. The van der Waals surface area contributed by atoms with Crippen molar-refractivity contribution < 1.29 is 8.78 Å². The quantitative estimate of drug-likeness (QED) is 0.756. The topological polar surface area (TPSA) is 36.7 Å². The monoisotopic (exact) mass is 242 g/mol. The van der Waals surface area contributed by atoms with Gasteiger partial charge in [-0.1, -0.05) is 18.2 Å². The summed E-state index contributed by atoms with van der Waals surface area (Å²) in [7, 11) is 0. The van der Waals surface area contributed by atoms with Crippen molar-refractivity contribution in [1.29, 1.82) is 5.26 Å². The van der Waals surface area contributed by atoms with E-state index in [1.807, 2.05) is 6.07 Å². The molecule has 2 rings (SSSR count). The molecule has 2 aromatic rings. The minimum Gasteiger partial charge on any atom is -0.256 e. The molecule has 0 atom stereocenters. The molecule has 0 unspecified atom stereocenters. The maximum atomic E-state index is 13.5. The van der Waals surface area contributed by atoms with Gasteiger partial charge in [-0.2, -0.15) is 5.26 Å². The number of halogens is 2. The van der Waals surface area contributed by atoms with E-state index in [0.717, 1.165) is 6.07 Å². The molecule has 0 N–H and O–H groups in total. The summed E-state index contributed by atoms with van der Waals surface area (Å²) in [5, 5.41) is 9.03. The van der Waals surface area contributed by atoms with Crippen molar-refractivity contribution in [2.75, 3.05) is 0 Å². The Hall–Kier alpha value is -2.54. The second-order valence-electron chi connectivity index (χ2n) is 3.53. The first-order valence-corrected chi connectivity index (χ1v) is 5.19. The van der Waals surface area contributed by atoms with Gasteiger partial charge in [0.25, 0.3) is 0 Å². The second kappa shape index (κ2) is 5.19. The molecule has 1 aromatic carbocycles. The average Bonchev–Trinajstić information content (AvgIpc) is 2.41. The van der Waals surface area contributed by atoms with E-state index in [9.17, 15) is 8.78 Å². The van der Waals surface area contributed by atoms with Crippen molar-refractivity contribution in [1.82, 2.24) is 4.98 Å². The zero-order valence-electron chi connectivity index (χ0n) is 9.27. The van der Waals surface area contributed by atoms with E-state index in [4.69, 9.17) is 5.26 Å². The van der Waals surface area contributed by atoms with Gasteiger partial charge in [-0.3, -0.25) is 4.98 Å². The van der Waals surface area contributed by atoms with Crippen LogP contribution in [-0.2, 0) is 0 Å². The standard InChI is InChI=1S/C14H8F2N2/c15-12-5-3-4-10(14(12)16)8-11(9-17)13-6-1-2-7-18-13/h1-8H. The summed E-state index contributed by atoms with van der Waals surface area (Å²) in [5.41, 5.74) is 0.626. The highest BCUT2D eigenvalue weighted by Crippen LogP contribution is 2.19. The lowest BCUT2D eigenvalue weighted by Gasteiger charge is -2.00. The summed E-state index contributed by atoms with van der Waals surface area (Å²) in [6.07, 6.45) is 2.81. The van der Waals surface area contributed by atoms with Crippen molar-refractivity contribution in [3.8, 4) is 6.07 Å². The predicted octanol–water partition coefficient (Wildman–Crippen LogP) is 3.42. The third-order valence-electron chi connectivity index (χ3n) is 2.34. The number of nitriles is 1. The number of rotatable bonds is 2. The highest BCUT2D eigenvalue weighted by Gasteiger charge is 2.08. The summed E-state index contributed by atoms with van der Waals surface area (Å²) in [6.45, 7) is 0. The average molecular weight is 242 g/mol. The molecule has 0 fully saturated rings. The van der Waals surface area contributed by atoms with Crippen LogP contribution in [-0.4, -0.2) is 4.98 Å². The summed E-state index contributed by atoms with van der Waals surface area (Å²) in [6, 6.07) is 10.8. The van der Waals surface area contributed by atoms with Crippen LogP contribution < -0.4 is 0 Å². The second-order valence-corrected chi connectivity index (χ2v) is 3.53. The Morgan fingerprint density at radius 2 is 2.00 bits per heavy atom. The Balaban J connectivity index is 2.49. The van der Waals surface area contributed by atoms with E-state index in [-0.39, 0.29) is 11.1 Å². The minimum absolute atomic E-state index is 0.0252. The van der Waals surface area contributed by atoms with Crippen LogP contribution in [0.5, 0.6) is 0 Å². The Morgan fingerprint density at radius 1 is 1.17 bits per heavy atom. The van der Waals surface area contributed by atoms with Gasteiger partial charge in [-0.15, -0.1) is 0 Å². The Morgan fingerprint density at radius 3 is 2.67 bits per heavy atom. The zero-order chi connectivity index (χ0) is 13.0. The fraction of sp³-hybridized carbons (Fsp3) is 0. The van der Waals surface area contributed by atoms with Crippen LogP contribution in [0.1, 0.15) is 11.3 Å². The van der Waals surface area contributed by atoms with Crippen molar-refractivity contribution in [3.05, 3.63) is 65.5 Å². The van der Waals surface area contributed by atoms with Crippen LogP contribution in [0.4, 0.5) is 8.78 Å². The van der Waals surface area contributed by atoms with Crippen LogP contribution in [0.3, 0.4) is 0 Å². The number of allylic oxidation sites excluding steroid dienone is 1. The molecule has 0 saturated carbocycles. The zero-order valence-corrected chi connectivity index (χ0v) is 9.27. The third kappa shape index (κ3) is 2.41. The molecule has 1 aromatic heterocycles. The van der Waals surface area contributed by atoms with Crippen LogP contribution in [0, 0.1) is 23.0 Å². The molecule has 2 nitrogen and oxygen atoms in total. The first kappa shape index (κ1) is 11.9. The molecular weight excluding hydrogens is 234 g/mol. The van der Waals surface area contributed by atoms with Gasteiger partial charge in [0.05, 0.1) is 11.3 Å². The van der Waals surface area contributed by atoms with Crippen LogP contribution in [0.15, 0.2) is 42.6 Å². The lowest BCUT2D eigenvalue weighted by atomic mass is 10.1. The largest absolute Gasteiger partial charge is 0.256 e. The molecule has 0 bridgehead atoms. The van der Waals surface area contributed by atoms with E-state index < -0.39 is 11.6 Å². The van der Waals surface area contributed by atoms with E-state index in [2.05, 4.69) is 4.98 Å². The van der Waals surface area contributed by atoms with E-state index in [0.29, 0.717) is 5.69 Å². The molecule has 88 valence electrons. The molecule has 0 saturated heterocycles. The lowest BCUT2D eigenvalue weighted by molar-refractivity contribution is 0.507. The van der Waals surface area contributed by atoms with Gasteiger partial charge in [0.2, 0.25) is 0 Å². The maximum Gasteiger partial charge on any atom is 0.166 e. The number of nitrogens with zero attached hydrogens (tertiary/aromatic N) is 2. The third-order valence-corrected chi connectivity index (χ3v) is 2.34. The molecule has 0 radical (unpaired) electrons. The highest BCUT2D eigenvalue weighted by atomic mass is 19.2. The summed E-state index contributed by atoms with van der Waals surface area (Å²) >= 11 is 0. The lowest BCUT2D eigenvalue weighted by Crippen LogP contribution is -1.90. The Kier molecular flexibility index (Phi) is 3.44. The maximum absolute atomic E-state index is 13.5. The first-order valence-electron chi connectivity index (χ1n) is 5.19. The van der Waals surface area contributed by atoms with Crippen molar-refractivity contribution >= 4 is 11.6 Å². The predicted molar refractivity (Wildman–Crippen MR) is 64.1 cm³/mol. The number of benzene rings is 1. The van der Waals surface area contributed by atoms with Gasteiger partial charge < -0.3 is 0 Å². The van der Waals surface area contributed by atoms with Gasteiger partial charge in [-0.05, 0) is 24.3 Å². The fourth-order valence-electron chi connectivity index (χ4n) is 1.47. The molecule has 0 aliphatic heterocycles. The van der Waals surface area contributed by atoms with Gasteiger partial charge >= 0.3 is 0 Å². The molecule has 18 heavy (non-hydrogen) atoms. The van der Waals surface area contributed by atoms with E-state index in [1.54, 1.807) is 18.2 Å². The molecule has 0 aliphatic rings. The molecular formula is C14H8F2N2. The number of hydrogen-bond donors (Lipinski definition) is 0. The van der Waals surface area contributed by atoms with Gasteiger partial charge in [0.15, 0.2) is 11.6 Å². The Labute approximate surface area is 103 Å². The van der Waals surface area contributed by atoms with Crippen molar-refractivity contribution in [2.24, 2.45) is 0 Å². The molecule has 0 spiro atoms. The highest BCUT2D eigenvalue weighted by molar-refractivity contribution is 5.88. The molecule has 0 amide bonds. The summed E-state index contributed by atoms with van der Waals surface area (Å²) in [4.78, 5) is 3.99. The van der Waals surface area contributed by atoms with Gasteiger partial charge in [0, 0.05) is 11.8 Å². The Bertz CT molecular complexity index is 628. The number of aromatic nitrogens is 1. The van der Waals surface area contributed by atoms with Crippen LogP contribution >= 0.6 is 0 Å². The van der Waals surface area contributed by atoms with Gasteiger partial charge in [-0.25, -0.2) is 8.78 Å². The molecule has 0 aliphatic carbocycles. The van der Waals surface area contributed by atoms with Crippen LogP contribution in [0.25, 0.3) is 11.6 Å². The summed E-state index contributed by atoms with van der Waals surface area (Å²) < 4.78 is 26.5. The first-order chi connectivity index (χ1) is 8.72. The minimum atomic E-state index is -0.971. The van der Waals surface area contributed by atoms with Crippen LogP contribution in [0.2, 0.25) is 0 Å². The van der Waals surface area contributed by atoms with E-state index >= 15 is 0 Å². The fourth-order valence-corrected chi connectivity index (χ4v) is 1.47. The molecule has 4 heteroatoms. The summed E-state index contributed by atoms with van der Waals surface area (Å²) in [5.74, 6) is -1.91. The van der Waals surface area contributed by atoms with Crippen molar-refractivity contribution in [2.45, 2.75) is 0 Å². The number of pyridine rings is 1. The van der Waals surface area contributed by atoms with Crippen molar-refractivity contribution in [3.63, 3.8) is 0 Å². The SMILES string of the molecule is N#CC(=Cc1cccc(F)c1F)c1ccccn1. The number of hydrogen-bond acceptors (Lipinski definition) is 2. The smallest absolute Gasteiger partial charge is 0.166 e. The van der Waals surface area contributed by atoms with E-state index in [1.165, 1.54) is 24.4 Å².